The van der Waals surface area contributed by atoms with Crippen molar-refractivity contribution in [1.82, 2.24) is 10.6 Å². The third-order valence-corrected chi connectivity index (χ3v) is 3.98. The first-order chi connectivity index (χ1) is 10.4. The molecule has 0 saturated heterocycles. The van der Waals surface area contributed by atoms with Crippen molar-refractivity contribution in [3.8, 4) is 0 Å². The summed E-state index contributed by atoms with van der Waals surface area (Å²) < 4.78 is 18.6. The molecule has 0 spiro atoms. The molecule has 124 valence electrons. The fraction of sp³-hybridized carbons (Fsp3) is 0.714. The van der Waals surface area contributed by atoms with E-state index in [0.29, 0.717) is 12.8 Å². The fourth-order valence-corrected chi connectivity index (χ4v) is 2.99. The van der Waals surface area contributed by atoms with Crippen LogP contribution in [-0.2, 0) is 9.53 Å². The van der Waals surface area contributed by atoms with Crippen LogP contribution in [0.3, 0.4) is 0 Å². The zero-order valence-electron chi connectivity index (χ0n) is 12.4. The predicted molar refractivity (Wildman–Crippen MR) is 81.0 cm³/mol. The summed E-state index contributed by atoms with van der Waals surface area (Å²) in [6, 6.07) is -0.173. The lowest BCUT2D eigenvalue weighted by molar-refractivity contribution is -0.150. The molecule has 0 radical (unpaired) electrons. The maximum Gasteiger partial charge on any atom is 0.308 e. The number of nitrogens with one attached hydrogen (secondary N) is 2. The Balaban J connectivity index is 1.95. The van der Waals surface area contributed by atoms with Crippen LogP contribution in [0.5, 0.6) is 0 Å². The zero-order valence-corrected chi connectivity index (χ0v) is 13.2. The number of hydrogen-bond acceptors (Lipinski definition) is 6. The van der Waals surface area contributed by atoms with E-state index in [-0.39, 0.29) is 24.9 Å². The van der Waals surface area contributed by atoms with Gasteiger partial charge in [0, 0.05) is 12.2 Å². The van der Waals surface area contributed by atoms with Gasteiger partial charge in [-0.05, 0) is 32.6 Å². The number of aliphatic imine (C=N–C) groups is 1. The summed E-state index contributed by atoms with van der Waals surface area (Å²) >= 11 is 5.79. The van der Waals surface area contributed by atoms with Gasteiger partial charge >= 0.3 is 5.97 Å². The molecule has 0 amide bonds. The molecule has 1 unspecified atom stereocenters. The number of rotatable bonds is 4. The first kappa shape index (κ1) is 17.0. The molecule has 2 rings (SSSR count). The van der Waals surface area contributed by atoms with E-state index < -0.39 is 23.0 Å². The summed E-state index contributed by atoms with van der Waals surface area (Å²) in [4.78, 5) is 15.5. The van der Waals surface area contributed by atoms with E-state index in [1.165, 1.54) is 0 Å². The maximum atomic E-state index is 13.7. The number of carbonyl (C=O) groups excluding carboxylic acids is 1. The average Bonchev–Trinajstić information content (AvgIpc) is 2.42. The SMILES string of the molecule is CCOC(=O)C[C@@]1(O)CCC[C@H](NC2=NC(Cl)NC=C2F)C1. The van der Waals surface area contributed by atoms with Gasteiger partial charge in [-0.25, -0.2) is 9.38 Å². The van der Waals surface area contributed by atoms with Crippen LogP contribution in [0.1, 0.15) is 39.0 Å². The van der Waals surface area contributed by atoms with Gasteiger partial charge in [0.25, 0.3) is 0 Å². The summed E-state index contributed by atoms with van der Waals surface area (Å²) in [5.74, 6) is -0.878. The first-order valence-corrected chi connectivity index (χ1v) is 7.84. The summed E-state index contributed by atoms with van der Waals surface area (Å²) in [6.07, 6.45) is 3.45. The van der Waals surface area contributed by atoms with Crippen LogP contribution >= 0.6 is 11.6 Å². The van der Waals surface area contributed by atoms with E-state index in [1.807, 2.05) is 0 Å². The Morgan fingerprint density at radius 1 is 1.73 bits per heavy atom. The van der Waals surface area contributed by atoms with Crippen molar-refractivity contribution in [1.29, 1.82) is 0 Å². The van der Waals surface area contributed by atoms with Crippen LogP contribution < -0.4 is 10.6 Å². The molecule has 6 nitrogen and oxygen atoms in total. The van der Waals surface area contributed by atoms with E-state index >= 15 is 0 Å². The highest BCUT2D eigenvalue weighted by Crippen LogP contribution is 2.32. The minimum atomic E-state index is -1.13. The molecule has 0 aromatic carbocycles. The van der Waals surface area contributed by atoms with E-state index in [4.69, 9.17) is 16.3 Å². The predicted octanol–water partition coefficient (Wildman–Crippen LogP) is 1.54. The van der Waals surface area contributed by atoms with Crippen LogP contribution in [0, 0.1) is 0 Å². The van der Waals surface area contributed by atoms with Gasteiger partial charge in [-0.15, -0.1) is 0 Å². The Bertz CT molecular complexity index is 486. The van der Waals surface area contributed by atoms with Gasteiger partial charge in [0.2, 0.25) is 0 Å². The van der Waals surface area contributed by atoms with E-state index in [9.17, 15) is 14.3 Å². The monoisotopic (exact) mass is 333 g/mol. The normalized spacial score (nSPS) is 31.6. The van der Waals surface area contributed by atoms with Gasteiger partial charge in [-0.2, -0.15) is 0 Å². The lowest BCUT2D eigenvalue weighted by Gasteiger charge is -2.37. The van der Waals surface area contributed by atoms with Crippen molar-refractivity contribution in [2.45, 2.75) is 56.3 Å². The Labute approximate surface area is 133 Å². The lowest BCUT2D eigenvalue weighted by Crippen LogP contribution is -2.48. The second kappa shape index (κ2) is 7.28. The molecule has 22 heavy (non-hydrogen) atoms. The number of nitrogens with zero attached hydrogens (tertiary/aromatic N) is 1. The third-order valence-electron chi connectivity index (χ3n) is 3.76. The van der Waals surface area contributed by atoms with Crippen LogP contribution in [0.15, 0.2) is 17.0 Å². The number of alkyl halides is 1. The number of halogens is 2. The summed E-state index contributed by atoms with van der Waals surface area (Å²) in [6.45, 7) is 2.01. The van der Waals surface area contributed by atoms with E-state index in [0.717, 1.165) is 19.0 Å². The van der Waals surface area contributed by atoms with E-state index in [2.05, 4.69) is 15.6 Å². The van der Waals surface area contributed by atoms with Crippen LogP contribution in [0.2, 0.25) is 0 Å². The summed E-state index contributed by atoms with van der Waals surface area (Å²) in [7, 11) is 0. The third kappa shape index (κ3) is 4.58. The molecule has 1 fully saturated rings. The van der Waals surface area contributed by atoms with Gasteiger partial charge in [-0.3, -0.25) is 4.79 Å². The number of hydrogen-bond donors (Lipinski definition) is 3. The molecule has 3 atom stereocenters. The molecule has 2 aliphatic rings. The molecule has 0 bridgehead atoms. The van der Waals surface area contributed by atoms with Crippen LogP contribution in [-0.4, -0.2) is 40.8 Å². The fourth-order valence-electron chi connectivity index (χ4n) is 2.83. The highest BCUT2D eigenvalue weighted by molar-refractivity contribution is 6.21. The topological polar surface area (TPSA) is 83.0 Å². The van der Waals surface area contributed by atoms with Crippen molar-refractivity contribution in [3.63, 3.8) is 0 Å². The van der Waals surface area contributed by atoms with Crippen molar-refractivity contribution < 1.29 is 19.0 Å². The second-order valence-electron chi connectivity index (χ2n) is 5.62. The van der Waals surface area contributed by atoms with Gasteiger partial charge in [0.1, 0.15) is 0 Å². The quantitative estimate of drug-likeness (QED) is 0.413. The highest BCUT2D eigenvalue weighted by atomic mass is 35.5. The number of amidine groups is 1. The van der Waals surface area contributed by atoms with Gasteiger partial charge in [0.15, 0.2) is 17.3 Å². The number of esters is 1. The first-order valence-electron chi connectivity index (χ1n) is 7.40. The maximum absolute atomic E-state index is 13.7. The van der Waals surface area contributed by atoms with Crippen molar-refractivity contribution in [3.05, 3.63) is 12.0 Å². The average molecular weight is 334 g/mol. The van der Waals surface area contributed by atoms with Crippen LogP contribution in [0.4, 0.5) is 4.39 Å². The number of ether oxygens (including phenoxy) is 1. The minimum Gasteiger partial charge on any atom is -0.466 e. The van der Waals surface area contributed by atoms with Gasteiger partial charge < -0.3 is 20.5 Å². The second-order valence-corrected chi connectivity index (χ2v) is 6.03. The standard InChI is InChI=1S/C14H21ClFN3O3/c1-2-22-11(20)7-14(21)5-3-4-9(6-14)18-12-10(16)8-17-13(15)19-12/h8-9,13,17,21H,2-7H2,1H3,(H,18,19)/t9-,13?,14+/m0/s1. The molecule has 1 aliphatic heterocycles. The minimum absolute atomic E-state index is 0.0521. The molecule has 3 N–H and O–H groups in total. The Morgan fingerprint density at radius 2 is 2.50 bits per heavy atom. The van der Waals surface area contributed by atoms with Crippen LogP contribution in [0.25, 0.3) is 0 Å². The van der Waals surface area contributed by atoms with Crippen molar-refractivity contribution >= 4 is 23.4 Å². The highest BCUT2D eigenvalue weighted by Gasteiger charge is 2.37. The molecular weight excluding hydrogens is 313 g/mol. The zero-order chi connectivity index (χ0) is 16.2. The molecule has 0 aromatic heterocycles. The smallest absolute Gasteiger partial charge is 0.308 e. The molecular formula is C14H21ClFN3O3. The molecule has 1 heterocycles. The molecule has 1 saturated carbocycles. The van der Waals surface area contributed by atoms with Gasteiger partial charge in [-0.1, -0.05) is 11.6 Å². The molecule has 0 aromatic rings. The summed E-state index contributed by atoms with van der Waals surface area (Å²) in [5.41, 5.74) is -1.85. The Morgan fingerprint density at radius 3 is 3.23 bits per heavy atom. The molecule has 1 aliphatic carbocycles. The van der Waals surface area contributed by atoms with Crippen molar-refractivity contribution in [2.75, 3.05) is 6.61 Å². The largest absolute Gasteiger partial charge is 0.466 e. The van der Waals surface area contributed by atoms with Crippen molar-refractivity contribution in [2.24, 2.45) is 4.99 Å². The summed E-state index contributed by atoms with van der Waals surface area (Å²) in [5, 5.41) is 16.1. The van der Waals surface area contributed by atoms with E-state index in [1.54, 1.807) is 6.92 Å². The molecule has 8 heteroatoms. The number of aliphatic hydroxyl groups is 1. The number of carbonyl (C=O) groups is 1. The lowest BCUT2D eigenvalue weighted by atomic mass is 9.79. The van der Waals surface area contributed by atoms with Gasteiger partial charge in [0.05, 0.1) is 18.6 Å². The Kier molecular flexibility index (Phi) is 5.63. The Hall–Kier alpha value is -1.34.